The highest BCUT2D eigenvalue weighted by Crippen LogP contribution is 2.27. The van der Waals surface area contributed by atoms with E-state index >= 15 is 0 Å². The molecule has 0 bridgehead atoms. The van der Waals surface area contributed by atoms with Crippen LogP contribution in [0, 0.1) is 5.92 Å². The molecule has 0 saturated heterocycles. The van der Waals surface area contributed by atoms with Gasteiger partial charge in [0.2, 0.25) is 0 Å². The fourth-order valence-electron chi connectivity index (χ4n) is 2.29. The molecule has 0 aliphatic heterocycles. The molecule has 114 valence electrons. The number of hydrogen-bond acceptors (Lipinski definition) is 2. The minimum absolute atomic E-state index is 0.0700. The van der Waals surface area contributed by atoms with Crippen molar-refractivity contribution in [2.24, 2.45) is 5.92 Å². The third kappa shape index (κ3) is 5.97. The lowest BCUT2D eigenvalue weighted by molar-refractivity contribution is -0.00702. The largest absolute Gasteiger partial charge is 0.308 e. The zero-order valence-corrected chi connectivity index (χ0v) is 12.9. The summed E-state index contributed by atoms with van der Waals surface area (Å²) in [5.74, 6) is -2.35. The molecule has 0 aromatic heterocycles. The minimum atomic E-state index is -2.83. The fraction of sp³-hybridized carbons (Fsp3) is 0.625. The normalized spacial score (nSPS) is 14.0. The third-order valence-corrected chi connectivity index (χ3v) is 3.15. The molecular weight excluding hydrogens is 258 g/mol. The highest BCUT2D eigenvalue weighted by atomic mass is 19.3. The van der Waals surface area contributed by atoms with E-state index in [0.717, 1.165) is 13.0 Å². The summed E-state index contributed by atoms with van der Waals surface area (Å²) in [6, 6.07) is 8.08. The molecule has 1 rings (SSSR count). The van der Waals surface area contributed by atoms with Crippen LogP contribution in [0.15, 0.2) is 30.3 Å². The third-order valence-electron chi connectivity index (χ3n) is 3.15. The Kier molecular flexibility index (Phi) is 6.56. The van der Waals surface area contributed by atoms with E-state index in [2.05, 4.69) is 19.2 Å². The molecule has 1 aromatic rings. The van der Waals surface area contributed by atoms with Crippen LogP contribution in [0.4, 0.5) is 8.78 Å². The number of nitrogens with one attached hydrogen (secondary N) is 1. The Bertz CT molecular complexity index is 367. The first kappa shape index (κ1) is 17.1. The smallest absolute Gasteiger partial charge is 0.285 e. The SMILES string of the molecule is CC(C)CC(CN(C)C)NCC(F)(F)c1ccccc1. The molecule has 2 nitrogen and oxygen atoms in total. The van der Waals surface area contributed by atoms with Gasteiger partial charge in [-0.3, -0.25) is 0 Å². The lowest BCUT2D eigenvalue weighted by atomic mass is 10.0. The van der Waals surface area contributed by atoms with Gasteiger partial charge in [-0.1, -0.05) is 44.2 Å². The van der Waals surface area contributed by atoms with E-state index < -0.39 is 5.92 Å². The van der Waals surface area contributed by atoms with Crippen molar-refractivity contribution in [2.75, 3.05) is 27.2 Å². The van der Waals surface area contributed by atoms with Crippen molar-refractivity contribution in [1.82, 2.24) is 10.2 Å². The molecule has 0 heterocycles. The summed E-state index contributed by atoms with van der Waals surface area (Å²) in [4.78, 5) is 2.03. The maximum atomic E-state index is 14.1. The van der Waals surface area contributed by atoms with Crippen LogP contribution in [-0.4, -0.2) is 38.1 Å². The maximum absolute atomic E-state index is 14.1. The van der Waals surface area contributed by atoms with Gasteiger partial charge in [0.1, 0.15) is 0 Å². The Hall–Kier alpha value is -1.00. The summed E-state index contributed by atoms with van der Waals surface area (Å²) in [7, 11) is 3.93. The molecule has 1 aromatic carbocycles. The number of hydrogen-bond donors (Lipinski definition) is 1. The summed E-state index contributed by atoms with van der Waals surface area (Å²) >= 11 is 0. The molecule has 0 aliphatic carbocycles. The van der Waals surface area contributed by atoms with E-state index in [0.29, 0.717) is 5.92 Å². The predicted molar refractivity (Wildman–Crippen MR) is 80.1 cm³/mol. The lowest BCUT2D eigenvalue weighted by Crippen LogP contribution is -2.43. The van der Waals surface area contributed by atoms with Crippen LogP contribution >= 0.6 is 0 Å². The summed E-state index contributed by atoms with van der Waals surface area (Å²) < 4.78 is 28.2. The topological polar surface area (TPSA) is 15.3 Å². The highest BCUT2D eigenvalue weighted by Gasteiger charge is 2.31. The van der Waals surface area contributed by atoms with Crippen LogP contribution in [0.2, 0.25) is 0 Å². The molecule has 0 spiro atoms. The summed E-state index contributed by atoms with van der Waals surface area (Å²) in [5, 5.41) is 3.03. The van der Waals surface area contributed by atoms with E-state index in [4.69, 9.17) is 0 Å². The van der Waals surface area contributed by atoms with Crippen molar-refractivity contribution >= 4 is 0 Å². The molecule has 0 amide bonds. The van der Waals surface area contributed by atoms with Gasteiger partial charge in [0, 0.05) is 18.2 Å². The highest BCUT2D eigenvalue weighted by molar-refractivity contribution is 5.20. The van der Waals surface area contributed by atoms with Crippen molar-refractivity contribution in [1.29, 1.82) is 0 Å². The van der Waals surface area contributed by atoms with E-state index in [1.54, 1.807) is 18.2 Å². The molecule has 1 unspecified atom stereocenters. The van der Waals surface area contributed by atoms with Crippen LogP contribution in [0.5, 0.6) is 0 Å². The van der Waals surface area contributed by atoms with Gasteiger partial charge in [-0.25, -0.2) is 0 Å². The second kappa shape index (κ2) is 7.70. The van der Waals surface area contributed by atoms with Gasteiger partial charge < -0.3 is 10.2 Å². The monoisotopic (exact) mass is 284 g/mol. The van der Waals surface area contributed by atoms with E-state index in [1.165, 1.54) is 12.1 Å². The average Bonchev–Trinajstić information content (AvgIpc) is 2.36. The van der Waals surface area contributed by atoms with Crippen LogP contribution in [0.3, 0.4) is 0 Å². The van der Waals surface area contributed by atoms with Gasteiger partial charge in [-0.05, 0) is 26.4 Å². The molecule has 0 radical (unpaired) electrons. The molecule has 0 fully saturated rings. The number of likely N-dealkylation sites (N-methyl/N-ethyl adjacent to an activating group) is 1. The first-order valence-electron chi connectivity index (χ1n) is 7.12. The van der Waals surface area contributed by atoms with Gasteiger partial charge >= 0.3 is 0 Å². The summed E-state index contributed by atoms with van der Waals surface area (Å²) in [5.41, 5.74) is 0.0700. The van der Waals surface area contributed by atoms with Gasteiger partial charge in [0.15, 0.2) is 0 Å². The zero-order chi connectivity index (χ0) is 15.2. The van der Waals surface area contributed by atoms with Crippen molar-refractivity contribution in [3.05, 3.63) is 35.9 Å². The number of alkyl halides is 2. The Balaban J connectivity index is 2.61. The van der Waals surface area contributed by atoms with Gasteiger partial charge in [0.25, 0.3) is 5.92 Å². The van der Waals surface area contributed by atoms with E-state index in [9.17, 15) is 8.78 Å². The second-order valence-corrected chi connectivity index (χ2v) is 6.04. The van der Waals surface area contributed by atoms with Crippen LogP contribution in [0.1, 0.15) is 25.8 Å². The van der Waals surface area contributed by atoms with Gasteiger partial charge in [-0.2, -0.15) is 8.78 Å². The van der Waals surface area contributed by atoms with Crippen molar-refractivity contribution in [2.45, 2.75) is 32.2 Å². The Morgan fingerprint density at radius 1 is 1.15 bits per heavy atom. The van der Waals surface area contributed by atoms with E-state index in [-0.39, 0.29) is 18.2 Å². The maximum Gasteiger partial charge on any atom is 0.285 e. The number of benzene rings is 1. The Morgan fingerprint density at radius 3 is 2.25 bits per heavy atom. The molecule has 0 saturated carbocycles. The van der Waals surface area contributed by atoms with Crippen LogP contribution in [0.25, 0.3) is 0 Å². The number of nitrogens with zero attached hydrogens (tertiary/aromatic N) is 1. The number of rotatable bonds is 8. The average molecular weight is 284 g/mol. The number of halogens is 2. The second-order valence-electron chi connectivity index (χ2n) is 6.04. The van der Waals surface area contributed by atoms with Gasteiger partial charge in [0.05, 0.1) is 6.54 Å². The molecular formula is C16H26F2N2. The molecule has 4 heteroatoms. The lowest BCUT2D eigenvalue weighted by Gasteiger charge is -2.26. The summed E-state index contributed by atoms with van der Waals surface area (Å²) in [6.07, 6.45) is 0.892. The Morgan fingerprint density at radius 2 is 1.75 bits per heavy atom. The van der Waals surface area contributed by atoms with E-state index in [1.807, 2.05) is 19.0 Å². The molecule has 0 aliphatic rings. The first-order chi connectivity index (χ1) is 9.31. The standard InChI is InChI=1S/C16H26F2N2/c1-13(2)10-15(11-20(3)4)19-12-16(17,18)14-8-6-5-7-9-14/h5-9,13,15,19H,10-12H2,1-4H3. The minimum Gasteiger partial charge on any atom is -0.308 e. The predicted octanol–water partition coefficient (Wildman–Crippen LogP) is 3.34. The van der Waals surface area contributed by atoms with Crippen molar-refractivity contribution in [3.8, 4) is 0 Å². The Labute approximate surface area is 121 Å². The molecule has 20 heavy (non-hydrogen) atoms. The van der Waals surface area contributed by atoms with Gasteiger partial charge in [-0.15, -0.1) is 0 Å². The van der Waals surface area contributed by atoms with Crippen molar-refractivity contribution in [3.63, 3.8) is 0 Å². The zero-order valence-electron chi connectivity index (χ0n) is 12.9. The molecule has 1 atom stereocenters. The quantitative estimate of drug-likeness (QED) is 0.787. The van der Waals surface area contributed by atoms with Crippen molar-refractivity contribution < 1.29 is 8.78 Å². The fourth-order valence-corrected chi connectivity index (χ4v) is 2.29. The summed E-state index contributed by atoms with van der Waals surface area (Å²) in [6.45, 7) is 4.67. The first-order valence-corrected chi connectivity index (χ1v) is 7.12. The van der Waals surface area contributed by atoms with Crippen LogP contribution < -0.4 is 5.32 Å². The molecule has 1 N–H and O–H groups in total. The van der Waals surface area contributed by atoms with Crippen LogP contribution in [-0.2, 0) is 5.92 Å².